The molecule has 1 atom stereocenters. The molecule has 1 unspecified atom stereocenters. The lowest BCUT2D eigenvalue weighted by molar-refractivity contribution is -0.137. The third kappa shape index (κ3) is 3.69. The number of Topliss-reactive ketones (excluding diaryl/α,β-unsaturated/α-hetero) is 1. The molecule has 1 aromatic heterocycles. The molecule has 2 aromatic carbocycles. The third-order valence-corrected chi connectivity index (χ3v) is 5.53. The molecule has 5 nitrogen and oxygen atoms in total. The molecule has 0 saturated heterocycles. The predicted octanol–water partition coefficient (Wildman–Crippen LogP) is 4.71. The van der Waals surface area contributed by atoms with E-state index in [4.69, 9.17) is 0 Å². The molecule has 0 saturated carbocycles. The summed E-state index contributed by atoms with van der Waals surface area (Å²) in [5, 5.41) is 11.3. The van der Waals surface area contributed by atoms with Crippen LogP contribution in [-0.4, -0.2) is 33.2 Å². The largest absolute Gasteiger partial charge is 0.503 e. The highest BCUT2D eigenvalue weighted by molar-refractivity contribution is 6.08. The number of halogens is 3. The lowest BCUT2D eigenvalue weighted by Gasteiger charge is -2.27. The summed E-state index contributed by atoms with van der Waals surface area (Å²) >= 11 is 0. The Kier molecular flexibility index (Phi) is 5.08. The van der Waals surface area contributed by atoms with Crippen LogP contribution in [0.1, 0.15) is 29.7 Å². The predicted molar refractivity (Wildman–Crippen MR) is 108 cm³/mol. The van der Waals surface area contributed by atoms with Crippen LogP contribution in [0.4, 0.5) is 13.2 Å². The fourth-order valence-corrected chi connectivity index (χ4v) is 4.02. The molecular formula is C23H19F3N2O3. The van der Waals surface area contributed by atoms with Crippen LogP contribution in [0.2, 0.25) is 0 Å². The molecule has 2 heterocycles. The molecule has 160 valence electrons. The van der Waals surface area contributed by atoms with Crippen LogP contribution in [0.25, 0.3) is 10.9 Å². The summed E-state index contributed by atoms with van der Waals surface area (Å²) in [6, 6.07) is 11.0. The first-order valence-corrected chi connectivity index (χ1v) is 9.65. The molecule has 31 heavy (non-hydrogen) atoms. The minimum atomic E-state index is -4.50. The highest BCUT2D eigenvalue weighted by atomic mass is 19.4. The Bertz CT molecular complexity index is 1190. The van der Waals surface area contributed by atoms with E-state index in [1.165, 1.54) is 24.0 Å². The van der Waals surface area contributed by atoms with Crippen molar-refractivity contribution >= 4 is 22.6 Å². The fraction of sp³-hybridized carbons (Fsp3) is 0.217. The van der Waals surface area contributed by atoms with Gasteiger partial charge in [-0.25, -0.2) is 0 Å². The number of H-pyrrole nitrogens is 1. The van der Waals surface area contributed by atoms with E-state index in [-0.39, 0.29) is 12.1 Å². The quantitative estimate of drug-likeness (QED) is 0.618. The molecule has 1 amide bonds. The van der Waals surface area contributed by atoms with Gasteiger partial charge in [-0.1, -0.05) is 30.3 Å². The number of amides is 1. The Hall–Kier alpha value is -3.55. The lowest BCUT2D eigenvalue weighted by Crippen LogP contribution is -2.33. The number of nitrogens with zero attached hydrogens (tertiary/aromatic N) is 1. The zero-order chi connectivity index (χ0) is 22.3. The number of benzene rings is 2. The van der Waals surface area contributed by atoms with Gasteiger partial charge in [-0.3, -0.25) is 9.59 Å². The Morgan fingerprint density at radius 3 is 2.45 bits per heavy atom. The number of hydrogen-bond donors (Lipinski definition) is 2. The SMILES string of the molecule is CC(=O)C1=C(O)C(=O)N(CCc2c[nH]c3ccccc23)C1c1ccc(C(F)(F)F)cc1. The molecule has 3 aromatic rings. The van der Waals surface area contributed by atoms with Crippen LogP contribution >= 0.6 is 0 Å². The zero-order valence-corrected chi connectivity index (χ0v) is 16.5. The number of fused-ring (bicyclic) bond motifs is 1. The Morgan fingerprint density at radius 1 is 1.13 bits per heavy atom. The number of alkyl halides is 3. The van der Waals surface area contributed by atoms with Crippen LogP contribution in [0.15, 0.2) is 66.1 Å². The summed E-state index contributed by atoms with van der Waals surface area (Å²) in [4.78, 5) is 29.4. The third-order valence-electron chi connectivity index (χ3n) is 5.53. The van der Waals surface area contributed by atoms with Crippen LogP contribution in [0, 0.1) is 0 Å². The topological polar surface area (TPSA) is 73.4 Å². The first kappa shape index (κ1) is 20.7. The normalized spacial score (nSPS) is 17.1. The monoisotopic (exact) mass is 428 g/mol. The first-order valence-electron chi connectivity index (χ1n) is 9.65. The maximum absolute atomic E-state index is 12.9. The van der Waals surface area contributed by atoms with E-state index < -0.39 is 35.2 Å². The van der Waals surface area contributed by atoms with Crippen molar-refractivity contribution in [2.24, 2.45) is 0 Å². The number of rotatable bonds is 5. The van der Waals surface area contributed by atoms with Gasteiger partial charge in [-0.05, 0) is 42.7 Å². The molecule has 0 fully saturated rings. The Labute approximate surface area is 175 Å². The van der Waals surface area contributed by atoms with E-state index >= 15 is 0 Å². The van der Waals surface area contributed by atoms with Gasteiger partial charge in [-0.15, -0.1) is 0 Å². The second-order valence-corrected chi connectivity index (χ2v) is 7.45. The number of nitrogens with one attached hydrogen (secondary N) is 1. The van der Waals surface area contributed by atoms with E-state index in [9.17, 15) is 27.9 Å². The summed E-state index contributed by atoms with van der Waals surface area (Å²) in [7, 11) is 0. The van der Waals surface area contributed by atoms with Crippen molar-refractivity contribution in [3.05, 3.63) is 82.8 Å². The number of aromatic nitrogens is 1. The highest BCUT2D eigenvalue weighted by Gasteiger charge is 2.42. The van der Waals surface area contributed by atoms with E-state index in [1.807, 2.05) is 30.5 Å². The van der Waals surface area contributed by atoms with Gasteiger partial charge in [0.2, 0.25) is 0 Å². The molecule has 0 aliphatic carbocycles. The maximum Gasteiger partial charge on any atom is 0.416 e. The number of aromatic amines is 1. The first-order chi connectivity index (χ1) is 14.7. The van der Waals surface area contributed by atoms with Crippen molar-refractivity contribution in [3.8, 4) is 0 Å². The van der Waals surface area contributed by atoms with Crippen LogP contribution in [-0.2, 0) is 22.2 Å². The second-order valence-electron chi connectivity index (χ2n) is 7.45. The van der Waals surface area contributed by atoms with Crippen molar-refractivity contribution in [2.45, 2.75) is 25.6 Å². The minimum Gasteiger partial charge on any atom is -0.503 e. The molecule has 1 aliphatic heterocycles. The van der Waals surface area contributed by atoms with Crippen LogP contribution < -0.4 is 0 Å². The molecule has 1 aliphatic rings. The van der Waals surface area contributed by atoms with Gasteiger partial charge in [0, 0.05) is 23.6 Å². The van der Waals surface area contributed by atoms with E-state index in [1.54, 1.807) is 0 Å². The zero-order valence-electron chi connectivity index (χ0n) is 16.5. The molecular weight excluding hydrogens is 409 g/mol. The van der Waals surface area contributed by atoms with Crippen molar-refractivity contribution in [2.75, 3.05) is 6.54 Å². The number of carbonyl (C=O) groups excluding carboxylic acids is 2. The number of ketones is 1. The van der Waals surface area contributed by atoms with Gasteiger partial charge in [-0.2, -0.15) is 13.2 Å². The van der Waals surface area contributed by atoms with Gasteiger partial charge >= 0.3 is 6.18 Å². The molecule has 2 N–H and O–H groups in total. The number of carbonyl (C=O) groups is 2. The number of aliphatic hydroxyl groups excluding tert-OH is 1. The summed E-state index contributed by atoms with van der Waals surface area (Å²) in [6.07, 6.45) is -2.23. The van der Waals surface area contributed by atoms with Crippen molar-refractivity contribution in [1.82, 2.24) is 9.88 Å². The number of para-hydroxylation sites is 1. The second kappa shape index (κ2) is 7.61. The van der Waals surface area contributed by atoms with E-state index in [2.05, 4.69) is 4.98 Å². The summed E-state index contributed by atoms with van der Waals surface area (Å²) < 4.78 is 38.8. The number of hydrogen-bond acceptors (Lipinski definition) is 3. The molecule has 8 heteroatoms. The smallest absolute Gasteiger partial charge is 0.416 e. The van der Waals surface area contributed by atoms with Gasteiger partial charge in [0.15, 0.2) is 11.5 Å². The standard InChI is InChI=1S/C23H19F3N2O3/c1-13(29)19-20(14-6-8-16(9-7-14)23(24,25)26)28(22(31)21(19)30)11-10-15-12-27-18-5-3-2-4-17(15)18/h2-9,12,20,27,30H,10-11H2,1H3. The Balaban J connectivity index is 1.67. The maximum atomic E-state index is 12.9. The fourth-order valence-electron chi connectivity index (χ4n) is 4.02. The average Bonchev–Trinajstić information content (AvgIpc) is 3.25. The van der Waals surface area contributed by atoms with Gasteiger partial charge in [0.25, 0.3) is 5.91 Å². The molecule has 0 bridgehead atoms. The van der Waals surface area contributed by atoms with Crippen molar-refractivity contribution in [1.29, 1.82) is 0 Å². The van der Waals surface area contributed by atoms with Gasteiger partial charge in [0.05, 0.1) is 17.2 Å². The average molecular weight is 428 g/mol. The lowest BCUT2D eigenvalue weighted by atomic mass is 9.95. The van der Waals surface area contributed by atoms with Crippen molar-refractivity contribution in [3.63, 3.8) is 0 Å². The molecule has 0 radical (unpaired) electrons. The molecule has 4 rings (SSSR count). The van der Waals surface area contributed by atoms with E-state index in [0.29, 0.717) is 12.0 Å². The summed E-state index contributed by atoms with van der Waals surface area (Å²) in [5.74, 6) is -1.88. The van der Waals surface area contributed by atoms with Crippen LogP contribution in [0.5, 0.6) is 0 Å². The van der Waals surface area contributed by atoms with Gasteiger partial charge < -0.3 is 15.0 Å². The van der Waals surface area contributed by atoms with E-state index in [0.717, 1.165) is 28.6 Å². The van der Waals surface area contributed by atoms with Gasteiger partial charge in [0.1, 0.15) is 0 Å². The minimum absolute atomic E-state index is 0.108. The molecule has 0 spiro atoms. The Morgan fingerprint density at radius 2 is 1.81 bits per heavy atom. The summed E-state index contributed by atoms with van der Waals surface area (Å²) in [5.41, 5.74) is 1.28. The van der Waals surface area contributed by atoms with Crippen molar-refractivity contribution < 1.29 is 27.9 Å². The summed E-state index contributed by atoms with van der Waals surface area (Å²) in [6.45, 7) is 1.40. The highest BCUT2D eigenvalue weighted by Crippen LogP contribution is 2.39. The van der Waals surface area contributed by atoms with Crippen LogP contribution in [0.3, 0.4) is 0 Å². The number of aliphatic hydroxyl groups is 1.